The summed E-state index contributed by atoms with van der Waals surface area (Å²) in [7, 11) is 0. The van der Waals surface area contributed by atoms with E-state index in [2.05, 4.69) is 35.2 Å². The fourth-order valence-electron chi connectivity index (χ4n) is 5.02. The van der Waals surface area contributed by atoms with Gasteiger partial charge in [0, 0.05) is 24.6 Å². The number of amides is 1. The van der Waals surface area contributed by atoms with Crippen LogP contribution in [0, 0.1) is 0 Å². The first-order chi connectivity index (χ1) is 12.8. The van der Waals surface area contributed by atoms with Crippen molar-refractivity contribution in [2.24, 2.45) is 0 Å². The van der Waals surface area contributed by atoms with E-state index in [1.807, 2.05) is 6.07 Å². The summed E-state index contributed by atoms with van der Waals surface area (Å²) in [4.78, 5) is 17.1. The maximum atomic E-state index is 13.0. The van der Waals surface area contributed by atoms with Crippen molar-refractivity contribution < 1.29 is 9.53 Å². The van der Waals surface area contributed by atoms with Crippen molar-refractivity contribution in [1.82, 2.24) is 4.90 Å². The van der Waals surface area contributed by atoms with Crippen molar-refractivity contribution in [3.63, 3.8) is 0 Å². The van der Waals surface area contributed by atoms with Crippen molar-refractivity contribution in [2.45, 2.75) is 50.0 Å². The average molecular weight is 368 g/mol. The molecule has 5 rings (SSSR count). The van der Waals surface area contributed by atoms with Gasteiger partial charge in [-0.1, -0.05) is 24.3 Å². The second-order valence-electron chi connectivity index (χ2n) is 7.93. The molecule has 4 heteroatoms. The molecule has 2 fully saturated rings. The number of fused-ring (bicyclic) bond motifs is 2. The zero-order valence-electron chi connectivity index (χ0n) is 15.1. The lowest BCUT2D eigenvalue weighted by Crippen LogP contribution is -2.44. The Labute approximate surface area is 159 Å². The summed E-state index contributed by atoms with van der Waals surface area (Å²) in [6, 6.07) is 13.0. The van der Waals surface area contributed by atoms with Crippen LogP contribution in [0.25, 0.3) is 0 Å². The number of nitrogens with zero attached hydrogens (tertiary/aromatic N) is 1. The van der Waals surface area contributed by atoms with Crippen LogP contribution in [0.5, 0.6) is 0 Å². The minimum atomic E-state index is 0.209. The molecule has 26 heavy (non-hydrogen) atoms. The molecule has 2 aliphatic heterocycles. The van der Waals surface area contributed by atoms with Crippen LogP contribution in [0.1, 0.15) is 63.9 Å². The van der Waals surface area contributed by atoms with Crippen molar-refractivity contribution >= 4 is 17.2 Å². The van der Waals surface area contributed by atoms with Crippen LogP contribution < -0.4 is 0 Å². The standard InChI is InChI=1S/C22H25NO2S/c24-21(20-8-7-19(26-20)18-6-3-15-25-18)23-13-11-22(12-14-23)10-9-16-4-1-2-5-17(16)22/h1-2,4-5,7-8,18H,3,6,9-15H2. The first-order valence-corrected chi connectivity index (χ1v) is 10.7. The Kier molecular flexibility index (Phi) is 4.13. The molecular formula is C22H25NO2S. The molecule has 0 bridgehead atoms. The molecule has 1 amide bonds. The number of aryl methyl sites for hydroxylation is 1. The number of carbonyl (C=O) groups excluding carboxylic acids is 1. The summed E-state index contributed by atoms with van der Waals surface area (Å²) in [6.45, 7) is 2.60. The van der Waals surface area contributed by atoms with Crippen LogP contribution in [0.2, 0.25) is 0 Å². The van der Waals surface area contributed by atoms with Crippen LogP contribution in [0.4, 0.5) is 0 Å². The lowest BCUT2D eigenvalue weighted by Gasteiger charge is -2.40. The molecule has 1 aliphatic carbocycles. The predicted molar refractivity (Wildman–Crippen MR) is 104 cm³/mol. The molecule has 0 N–H and O–H groups in total. The van der Waals surface area contributed by atoms with E-state index in [-0.39, 0.29) is 12.0 Å². The first-order valence-electron chi connectivity index (χ1n) is 9.84. The number of hydrogen-bond donors (Lipinski definition) is 0. The van der Waals surface area contributed by atoms with Gasteiger partial charge in [0.25, 0.3) is 5.91 Å². The summed E-state index contributed by atoms with van der Waals surface area (Å²) in [5.41, 5.74) is 3.38. The molecule has 0 radical (unpaired) electrons. The Balaban J connectivity index is 1.28. The fourth-order valence-corrected chi connectivity index (χ4v) is 6.08. The molecule has 0 saturated carbocycles. The van der Waals surface area contributed by atoms with Gasteiger partial charge >= 0.3 is 0 Å². The molecule has 1 aromatic carbocycles. The number of hydrogen-bond acceptors (Lipinski definition) is 3. The lowest BCUT2D eigenvalue weighted by atomic mass is 9.74. The quantitative estimate of drug-likeness (QED) is 0.769. The van der Waals surface area contributed by atoms with Crippen molar-refractivity contribution in [2.75, 3.05) is 19.7 Å². The summed E-state index contributed by atoms with van der Waals surface area (Å²) < 4.78 is 5.76. The SMILES string of the molecule is O=C(c1ccc(C2CCCO2)s1)N1CCC2(CCc3ccccc32)CC1. The second-order valence-corrected chi connectivity index (χ2v) is 9.05. The Bertz CT molecular complexity index is 813. The highest BCUT2D eigenvalue weighted by molar-refractivity contribution is 7.14. The minimum Gasteiger partial charge on any atom is -0.373 e. The van der Waals surface area contributed by atoms with Gasteiger partial charge in [0.15, 0.2) is 0 Å². The molecule has 2 aromatic rings. The summed E-state index contributed by atoms with van der Waals surface area (Å²) in [5.74, 6) is 0.209. The first kappa shape index (κ1) is 16.5. The van der Waals surface area contributed by atoms with E-state index in [0.717, 1.165) is 50.3 Å². The third-order valence-electron chi connectivity index (χ3n) is 6.55. The van der Waals surface area contributed by atoms with E-state index in [4.69, 9.17) is 4.74 Å². The largest absolute Gasteiger partial charge is 0.373 e. The van der Waals surface area contributed by atoms with E-state index in [1.165, 1.54) is 23.3 Å². The van der Waals surface area contributed by atoms with Crippen LogP contribution in [-0.2, 0) is 16.6 Å². The fraction of sp³-hybridized carbons (Fsp3) is 0.500. The predicted octanol–water partition coefficient (Wildman–Crippen LogP) is 4.72. The number of thiophene rings is 1. The highest BCUT2D eigenvalue weighted by atomic mass is 32.1. The molecular weight excluding hydrogens is 342 g/mol. The zero-order chi connectivity index (χ0) is 17.6. The van der Waals surface area contributed by atoms with Crippen LogP contribution >= 0.6 is 11.3 Å². The molecule has 3 nitrogen and oxygen atoms in total. The summed E-state index contributed by atoms with van der Waals surface area (Å²) in [5, 5.41) is 0. The molecule has 3 heterocycles. The lowest BCUT2D eigenvalue weighted by molar-refractivity contribution is 0.0671. The van der Waals surface area contributed by atoms with E-state index in [9.17, 15) is 4.79 Å². The summed E-state index contributed by atoms with van der Waals surface area (Å²) >= 11 is 1.63. The Morgan fingerprint density at radius 2 is 1.96 bits per heavy atom. The molecule has 1 unspecified atom stereocenters. The molecule has 2 saturated heterocycles. The normalized spacial score (nSPS) is 24.2. The van der Waals surface area contributed by atoms with Gasteiger partial charge in [0.05, 0.1) is 11.0 Å². The number of carbonyl (C=O) groups is 1. The highest BCUT2D eigenvalue weighted by Crippen LogP contribution is 2.46. The molecule has 3 aliphatic rings. The number of piperidine rings is 1. The molecule has 1 spiro atoms. The smallest absolute Gasteiger partial charge is 0.263 e. The number of likely N-dealkylation sites (tertiary alicyclic amines) is 1. The van der Waals surface area contributed by atoms with Crippen LogP contribution in [0.15, 0.2) is 36.4 Å². The van der Waals surface area contributed by atoms with Gasteiger partial charge in [0.2, 0.25) is 0 Å². The van der Waals surface area contributed by atoms with Crippen molar-refractivity contribution in [1.29, 1.82) is 0 Å². The van der Waals surface area contributed by atoms with Gasteiger partial charge in [-0.2, -0.15) is 0 Å². The van der Waals surface area contributed by atoms with Gasteiger partial charge < -0.3 is 9.64 Å². The molecule has 136 valence electrons. The molecule has 1 aromatic heterocycles. The van der Waals surface area contributed by atoms with Gasteiger partial charge in [-0.3, -0.25) is 4.79 Å². The van der Waals surface area contributed by atoms with E-state index >= 15 is 0 Å². The van der Waals surface area contributed by atoms with Crippen molar-refractivity contribution in [3.05, 3.63) is 57.3 Å². The van der Waals surface area contributed by atoms with E-state index in [0.29, 0.717) is 5.41 Å². The number of ether oxygens (including phenoxy) is 1. The van der Waals surface area contributed by atoms with Gasteiger partial charge in [-0.25, -0.2) is 0 Å². The third kappa shape index (κ3) is 2.71. The monoisotopic (exact) mass is 367 g/mol. The molecule has 1 atom stereocenters. The van der Waals surface area contributed by atoms with Gasteiger partial charge in [-0.05, 0) is 67.2 Å². The van der Waals surface area contributed by atoms with E-state index in [1.54, 1.807) is 16.9 Å². The number of benzene rings is 1. The maximum absolute atomic E-state index is 13.0. The Hall–Kier alpha value is -1.65. The maximum Gasteiger partial charge on any atom is 0.263 e. The zero-order valence-corrected chi connectivity index (χ0v) is 15.9. The third-order valence-corrected chi connectivity index (χ3v) is 7.72. The number of rotatable bonds is 2. The second kappa shape index (κ2) is 6.50. The van der Waals surface area contributed by atoms with Crippen LogP contribution in [0.3, 0.4) is 0 Å². The average Bonchev–Trinajstić information content (AvgIpc) is 3.43. The van der Waals surface area contributed by atoms with Gasteiger partial charge in [-0.15, -0.1) is 11.3 Å². The Morgan fingerprint density at radius 3 is 2.77 bits per heavy atom. The van der Waals surface area contributed by atoms with E-state index < -0.39 is 0 Å². The topological polar surface area (TPSA) is 29.5 Å². The van der Waals surface area contributed by atoms with Crippen LogP contribution in [-0.4, -0.2) is 30.5 Å². The minimum absolute atomic E-state index is 0.209. The Morgan fingerprint density at radius 1 is 1.12 bits per heavy atom. The summed E-state index contributed by atoms with van der Waals surface area (Å²) in [6.07, 6.45) is 7.05. The van der Waals surface area contributed by atoms with Gasteiger partial charge in [0.1, 0.15) is 0 Å². The van der Waals surface area contributed by atoms with Crippen molar-refractivity contribution in [3.8, 4) is 0 Å². The highest BCUT2D eigenvalue weighted by Gasteiger charge is 2.41.